The summed E-state index contributed by atoms with van der Waals surface area (Å²) in [5.74, 6) is -0.102. The van der Waals surface area contributed by atoms with Gasteiger partial charge in [0.05, 0.1) is 18.2 Å². The van der Waals surface area contributed by atoms with Crippen molar-refractivity contribution in [3.63, 3.8) is 0 Å². The summed E-state index contributed by atoms with van der Waals surface area (Å²) in [6.07, 6.45) is 2.67. The van der Waals surface area contributed by atoms with Crippen LogP contribution in [0.5, 0.6) is 0 Å². The molecule has 1 aromatic rings. The lowest BCUT2D eigenvalue weighted by Gasteiger charge is -2.24. The maximum Gasteiger partial charge on any atom is 0.129 e. The molecule has 2 nitrogen and oxygen atoms in total. The number of hydrogen-bond donors (Lipinski definition) is 1. The van der Waals surface area contributed by atoms with Gasteiger partial charge in [-0.15, -0.1) is 0 Å². The second-order valence-electron chi connectivity index (χ2n) is 5.30. The maximum atomic E-state index is 13.7. The van der Waals surface area contributed by atoms with Crippen LogP contribution in [0.4, 0.5) is 4.39 Å². The average Bonchev–Trinajstić information content (AvgIpc) is 2.73. The fraction of sp³-hybridized carbons (Fsp3) is 0.600. The SMILES string of the molecule is CNC(c1cc(C)c(F)c(C)c1)C1CCC(C)O1. The van der Waals surface area contributed by atoms with Gasteiger partial charge in [-0.2, -0.15) is 0 Å². The van der Waals surface area contributed by atoms with Crippen molar-refractivity contribution in [1.29, 1.82) is 0 Å². The number of hydrogen-bond acceptors (Lipinski definition) is 2. The van der Waals surface area contributed by atoms with Gasteiger partial charge in [0.2, 0.25) is 0 Å². The molecule has 1 saturated heterocycles. The largest absolute Gasteiger partial charge is 0.373 e. The highest BCUT2D eigenvalue weighted by Crippen LogP contribution is 2.31. The molecule has 1 heterocycles. The first-order chi connectivity index (χ1) is 8.52. The molecule has 1 aromatic carbocycles. The van der Waals surface area contributed by atoms with Crippen LogP contribution in [0.1, 0.15) is 42.5 Å². The Morgan fingerprint density at radius 2 is 1.89 bits per heavy atom. The number of rotatable bonds is 3. The van der Waals surface area contributed by atoms with Gasteiger partial charge in [-0.25, -0.2) is 4.39 Å². The van der Waals surface area contributed by atoms with E-state index in [2.05, 4.69) is 12.2 Å². The highest BCUT2D eigenvalue weighted by Gasteiger charge is 2.30. The number of halogens is 1. The van der Waals surface area contributed by atoms with Crippen molar-refractivity contribution in [3.05, 3.63) is 34.6 Å². The molecule has 2 rings (SSSR count). The first kappa shape index (κ1) is 13.5. The van der Waals surface area contributed by atoms with Crippen LogP contribution in [0, 0.1) is 19.7 Å². The summed E-state index contributed by atoms with van der Waals surface area (Å²) < 4.78 is 19.6. The van der Waals surface area contributed by atoms with Crippen molar-refractivity contribution in [2.24, 2.45) is 0 Å². The first-order valence-electron chi connectivity index (χ1n) is 6.62. The normalized spacial score (nSPS) is 25.4. The molecule has 3 heteroatoms. The van der Waals surface area contributed by atoms with E-state index in [0.717, 1.165) is 18.4 Å². The van der Waals surface area contributed by atoms with Gasteiger partial charge in [-0.1, -0.05) is 12.1 Å². The Morgan fingerprint density at radius 3 is 2.33 bits per heavy atom. The zero-order valence-corrected chi connectivity index (χ0v) is 11.6. The Kier molecular flexibility index (Phi) is 4.03. The van der Waals surface area contributed by atoms with Crippen LogP contribution < -0.4 is 5.32 Å². The second-order valence-corrected chi connectivity index (χ2v) is 5.30. The molecule has 1 aliphatic rings. The fourth-order valence-corrected chi connectivity index (χ4v) is 2.80. The molecule has 0 amide bonds. The first-order valence-corrected chi connectivity index (χ1v) is 6.62. The van der Waals surface area contributed by atoms with E-state index in [-0.39, 0.29) is 18.0 Å². The van der Waals surface area contributed by atoms with Crippen molar-refractivity contribution in [2.45, 2.75) is 51.9 Å². The van der Waals surface area contributed by atoms with Crippen molar-refractivity contribution in [1.82, 2.24) is 5.32 Å². The second kappa shape index (κ2) is 5.37. The molecule has 1 N–H and O–H groups in total. The summed E-state index contributed by atoms with van der Waals surface area (Å²) in [5, 5.41) is 3.31. The number of ether oxygens (including phenoxy) is 1. The van der Waals surface area contributed by atoms with E-state index in [1.165, 1.54) is 0 Å². The third kappa shape index (κ3) is 2.57. The Hall–Kier alpha value is -0.930. The summed E-state index contributed by atoms with van der Waals surface area (Å²) >= 11 is 0. The Bertz CT molecular complexity index is 409. The van der Waals surface area contributed by atoms with E-state index in [1.807, 2.05) is 33.0 Å². The molecule has 0 aromatic heterocycles. The predicted octanol–water partition coefficient (Wildman–Crippen LogP) is 3.27. The summed E-state index contributed by atoms with van der Waals surface area (Å²) in [6.45, 7) is 5.74. The molecule has 1 aliphatic heterocycles. The summed E-state index contributed by atoms with van der Waals surface area (Å²) in [5.41, 5.74) is 2.53. The smallest absolute Gasteiger partial charge is 0.129 e. The molecule has 3 atom stereocenters. The number of aryl methyl sites for hydroxylation is 2. The summed E-state index contributed by atoms with van der Waals surface area (Å²) in [4.78, 5) is 0. The highest BCUT2D eigenvalue weighted by atomic mass is 19.1. The Morgan fingerprint density at radius 1 is 1.28 bits per heavy atom. The molecular formula is C15H22FNO. The molecule has 0 saturated carbocycles. The van der Waals surface area contributed by atoms with Gasteiger partial charge in [0.1, 0.15) is 5.82 Å². The van der Waals surface area contributed by atoms with Crippen molar-refractivity contribution in [3.8, 4) is 0 Å². The minimum atomic E-state index is -0.102. The Labute approximate surface area is 109 Å². The van der Waals surface area contributed by atoms with Crippen LogP contribution in [0.2, 0.25) is 0 Å². The van der Waals surface area contributed by atoms with Gasteiger partial charge in [0.15, 0.2) is 0 Å². The monoisotopic (exact) mass is 251 g/mol. The third-order valence-electron chi connectivity index (χ3n) is 3.77. The molecule has 1 fully saturated rings. The highest BCUT2D eigenvalue weighted by molar-refractivity contribution is 5.33. The molecule has 0 bridgehead atoms. The molecule has 18 heavy (non-hydrogen) atoms. The van der Waals surface area contributed by atoms with E-state index in [9.17, 15) is 4.39 Å². The zero-order chi connectivity index (χ0) is 13.3. The third-order valence-corrected chi connectivity index (χ3v) is 3.77. The predicted molar refractivity (Wildman–Crippen MR) is 71.2 cm³/mol. The average molecular weight is 251 g/mol. The van der Waals surface area contributed by atoms with Crippen LogP contribution in [0.3, 0.4) is 0 Å². The lowest BCUT2D eigenvalue weighted by atomic mass is 9.95. The van der Waals surface area contributed by atoms with Crippen LogP contribution >= 0.6 is 0 Å². The van der Waals surface area contributed by atoms with Crippen LogP contribution in [0.15, 0.2) is 12.1 Å². The topological polar surface area (TPSA) is 21.3 Å². The molecular weight excluding hydrogens is 229 g/mol. The number of benzene rings is 1. The minimum Gasteiger partial charge on any atom is -0.373 e. The van der Waals surface area contributed by atoms with Crippen molar-refractivity contribution < 1.29 is 9.13 Å². The molecule has 0 aliphatic carbocycles. The van der Waals surface area contributed by atoms with E-state index in [0.29, 0.717) is 17.2 Å². The Balaban J connectivity index is 2.27. The summed E-state index contributed by atoms with van der Waals surface area (Å²) in [7, 11) is 1.94. The standard InChI is InChI=1S/C15H22FNO/c1-9-7-12(8-10(2)14(9)16)15(17-4)13-6-5-11(3)18-13/h7-8,11,13,15,17H,5-6H2,1-4H3. The van der Waals surface area contributed by atoms with Gasteiger partial charge < -0.3 is 10.1 Å². The minimum absolute atomic E-state index is 0.102. The zero-order valence-electron chi connectivity index (χ0n) is 11.6. The van der Waals surface area contributed by atoms with Gasteiger partial charge in [0.25, 0.3) is 0 Å². The van der Waals surface area contributed by atoms with Gasteiger partial charge in [-0.05, 0) is 57.4 Å². The van der Waals surface area contributed by atoms with Crippen molar-refractivity contribution in [2.75, 3.05) is 7.05 Å². The van der Waals surface area contributed by atoms with Gasteiger partial charge in [0, 0.05) is 0 Å². The number of nitrogens with one attached hydrogen (secondary N) is 1. The molecule has 0 spiro atoms. The van der Waals surface area contributed by atoms with Crippen LogP contribution in [-0.2, 0) is 4.74 Å². The van der Waals surface area contributed by atoms with Gasteiger partial charge >= 0.3 is 0 Å². The quantitative estimate of drug-likeness (QED) is 0.890. The molecule has 0 radical (unpaired) electrons. The maximum absolute atomic E-state index is 13.7. The molecule has 3 unspecified atom stereocenters. The lowest BCUT2D eigenvalue weighted by Crippen LogP contribution is -2.29. The van der Waals surface area contributed by atoms with E-state index >= 15 is 0 Å². The van der Waals surface area contributed by atoms with E-state index in [4.69, 9.17) is 4.74 Å². The van der Waals surface area contributed by atoms with Crippen LogP contribution in [0.25, 0.3) is 0 Å². The van der Waals surface area contributed by atoms with Crippen molar-refractivity contribution >= 4 is 0 Å². The molecule has 100 valence electrons. The number of likely N-dealkylation sites (N-methyl/N-ethyl adjacent to an activating group) is 1. The van der Waals surface area contributed by atoms with E-state index in [1.54, 1.807) is 0 Å². The lowest BCUT2D eigenvalue weighted by molar-refractivity contribution is 0.0333. The van der Waals surface area contributed by atoms with Gasteiger partial charge in [-0.3, -0.25) is 0 Å². The fourth-order valence-electron chi connectivity index (χ4n) is 2.80. The van der Waals surface area contributed by atoms with Crippen LogP contribution in [-0.4, -0.2) is 19.3 Å². The summed E-state index contributed by atoms with van der Waals surface area (Å²) in [6, 6.07) is 4.00. The van der Waals surface area contributed by atoms with E-state index < -0.39 is 0 Å².